The molecule has 2 aromatic carbocycles. The normalized spacial score (nSPS) is 10.8. The second-order valence-electron chi connectivity index (χ2n) is 4.28. The van der Waals surface area contributed by atoms with E-state index in [1.807, 2.05) is 30.3 Å². The lowest BCUT2D eigenvalue weighted by Crippen LogP contribution is -2.01. The van der Waals surface area contributed by atoms with Gasteiger partial charge in [0, 0.05) is 11.1 Å². The van der Waals surface area contributed by atoms with Gasteiger partial charge >= 0.3 is 6.61 Å². The number of halogens is 2. The first-order valence-electron chi connectivity index (χ1n) is 6.25. The smallest absolute Gasteiger partial charge is 0.387 e. The van der Waals surface area contributed by atoms with Crippen LogP contribution in [0.1, 0.15) is 0 Å². The Hall–Kier alpha value is -2.76. The third kappa shape index (κ3) is 3.05. The minimum atomic E-state index is -2.83. The van der Waals surface area contributed by atoms with Crippen LogP contribution in [-0.2, 0) is 0 Å². The van der Waals surface area contributed by atoms with E-state index in [0.29, 0.717) is 11.6 Å². The zero-order chi connectivity index (χ0) is 14.7. The van der Waals surface area contributed by atoms with Crippen LogP contribution in [0.2, 0.25) is 0 Å². The summed E-state index contributed by atoms with van der Waals surface area (Å²) < 4.78 is 28.5. The predicted octanol–water partition coefficient (Wildman–Crippen LogP) is 3.74. The minimum Gasteiger partial charge on any atom is -0.435 e. The maximum Gasteiger partial charge on any atom is 0.387 e. The van der Waals surface area contributed by atoms with Crippen LogP contribution in [0.25, 0.3) is 22.8 Å². The van der Waals surface area contributed by atoms with E-state index in [1.54, 1.807) is 12.1 Å². The number of nitrogens with one attached hydrogen (secondary N) is 1. The highest BCUT2D eigenvalue weighted by molar-refractivity contribution is 5.61. The van der Waals surface area contributed by atoms with Crippen LogP contribution >= 0.6 is 0 Å². The number of nitrogens with zero attached hydrogens (tertiary/aromatic N) is 2. The number of benzene rings is 2. The molecule has 0 fully saturated rings. The Labute approximate surface area is 119 Å². The first kappa shape index (κ1) is 13.2. The lowest BCUT2D eigenvalue weighted by Gasteiger charge is -2.04. The van der Waals surface area contributed by atoms with Crippen LogP contribution in [0.4, 0.5) is 8.78 Å². The van der Waals surface area contributed by atoms with Crippen LogP contribution < -0.4 is 4.74 Å². The van der Waals surface area contributed by atoms with Crippen LogP contribution in [-0.4, -0.2) is 21.8 Å². The molecule has 1 heterocycles. The van der Waals surface area contributed by atoms with Crippen molar-refractivity contribution in [3.63, 3.8) is 0 Å². The predicted molar refractivity (Wildman–Crippen MR) is 73.9 cm³/mol. The summed E-state index contributed by atoms with van der Waals surface area (Å²) in [7, 11) is 0. The summed E-state index contributed by atoms with van der Waals surface area (Å²) in [6.45, 7) is -2.83. The van der Waals surface area contributed by atoms with Crippen LogP contribution in [0.15, 0.2) is 54.6 Å². The van der Waals surface area contributed by atoms with E-state index in [1.165, 1.54) is 12.1 Å². The van der Waals surface area contributed by atoms with Crippen LogP contribution in [0.5, 0.6) is 5.75 Å². The average molecular weight is 287 g/mol. The molecule has 3 rings (SSSR count). The summed E-state index contributed by atoms with van der Waals surface area (Å²) in [5.74, 6) is 1.26. The molecule has 0 radical (unpaired) electrons. The van der Waals surface area contributed by atoms with Crippen molar-refractivity contribution < 1.29 is 13.5 Å². The molecule has 0 aliphatic carbocycles. The van der Waals surface area contributed by atoms with Gasteiger partial charge in [-0.05, 0) is 24.3 Å². The van der Waals surface area contributed by atoms with E-state index < -0.39 is 6.61 Å². The molecule has 21 heavy (non-hydrogen) atoms. The van der Waals surface area contributed by atoms with E-state index in [4.69, 9.17) is 0 Å². The summed E-state index contributed by atoms with van der Waals surface area (Å²) in [4.78, 5) is 4.39. The Kier molecular flexibility index (Phi) is 3.59. The largest absolute Gasteiger partial charge is 0.435 e. The maximum atomic E-state index is 12.1. The van der Waals surface area contributed by atoms with Gasteiger partial charge in [-0.1, -0.05) is 30.3 Å². The van der Waals surface area contributed by atoms with E-state index in [9.17, 15) is 8.78 Å². The average Bonchev–Trinajstić information content (AvgIpc) is 2.98. The van der Waals surface area contributed by atoms with Crippen molar-refractivity contribution in [3.8, 4) is 28.5 Å². The molecule has 0 unspecified atom stereocenters. The van der Waals surface area contributed by atoms with Crippen molar-refractivity contribution in [3.05, 3.63) is 54.6 Å². The van der Waals surface area contributed by atoms with Crippen LogP contribution in [0, 0.1) is 0 Å². The van der Waals surface area contributed by atoms with Gasteiger partial charge in [-0.2, -0.15) is 13.9 Å². The zero-order valence-corrected chi connectivity index (χ0v) is 10.8. The Morgan fingerprint density at radius 3 is 2.29 bits per heavy atom. The number of aromatic nitrogens is 3. The molecule has 0 atom stereocenters. The highest BCUT2D eigenvalue weighted by Gasteiger charge is 2.08. The summed E-state index contributed by atoms with van der Waals surface area (Å²) in [6, 6.07) is 15.8. The number of hydrogen-bond acceptors (Lipinski definition) is 3. The molecule has 1 aromatic heterocycles. The maximum absolute atomic E-state index is 12.1. The molecule has 0 saturated carbocycles. The van der Waals surface area contributed by atoms with Crippen molar-refractivity contribution in [2.24, 2.45) is 0 Å². The van der Waals surface area contributed by atoms with Crippen molar-refractivity contribution >= 4 is 0 Å². The van der Waals surface area contributed by atoms with Gasteiger partial charge in [-0.3, -0.25) is 5.10 Å². The number of ether oxygens (including phenoxy) is 1. The van der Waals surface area contributed by atoms with Crippen molar-refractivity contribution in [2.45, 2.75) is 6.61 Å². The van der Waals surface area contributed by atoms with E-state index >= 15 is 0 Å². The molecule has 4 nitrogen and oxygen atoms in total. The van der Waals surface area contributed by atoms with Gasteiger partial charge in [0.2, 0.25) is 0 Å². The van der Waals surface area contributed by atoms with E-state index in [2.05, 4.69) is 19.9 Å². The summed E-state index contributed by atoms with van der Waals surface area (Å²) in [5, 5.41) is 6.98. The standard InChI is InChI=1S/C15H11F2N3O/c16-15(17)21-12-8-6-11(7-9-12)14-18-13(19-20-14)10-4-2-1-3-5-10/h1-9,15H,(H,18,19,20). The Balaban J connectivity index is 1.83. The van der Waals surface area contributed by atoms with Crippen LogP contribution in [0.3, 0.4) is 0 Å². The van der Waals surface area contributed by atoms with Gasteiger partial charge in [0.05, 0.1) is 0 Å². The number of alkyl halides is 2. The highest BCUT2D eigenvalue weighted by atomic mass is 19.3. The number of H-pyrrole nitrogens is 1. The van der Waals surface area contributed by atoms with Gasteiger partial charge in [0.1, 0.15) is 5.75 Å². The second kappa shape index (κ2) is 5.70. The molecule has 1 N–H and O–H groups in total. The second-order valence-corrected chi connectivity index (χ2v) is 4.28. The molecular weight excluding hydrogens is 276 g/mol. The molecule has 0 saturated heterocycles. The fourth-order valence-electron chi connectivity index (χ4n) is 1.90. The topological polar surface area (TPSA) is 50.8 Å². The lowest BCUT2D eigenvalue weighted by molar-refractivity contribution is -0.0498. The van der Waals surface area contributed by atoms with Gasteiger partial charge in [-0.15, -0.1) is 0 Å². The van der Waals surface area contributed by atoms with Crippen molar-refractivity contribution in [1.82, 2.24) is 15.2 Å². The SMILES string of the molecule is FC(F)Oc1ccc(-c2nc(-c3ccccc3)n[nH]2)cc1. The number of aromatic amines is 1. The van der Waals surface area contributed by atoms with Crippen molar-refractivity contribution in [2.75, 3.05) is 0 Å². The Morgan fingerprint density at radius 1 is 0.905 bits per heavy atom. The lowest BCUT2D eigenvalue weighted by atomic mass is 10.2. The van der Waals surface area contributed by atoms with E-state index in [-0.39, 0.29) is 5.75 Å². The van der Waals surface area contributed by atoms with Gasteiger partial charge in [0.15, 0.2) is 11.6 Å². The minimum absolute atomic E-state index is 0.108. The number of rotatable bonds is 4. The summed E-state index contributed by atoms with van der Waals surface area (Å²) in [5.41, 5.74) is 1.64. The van der Waals surface area contributed by atoms with E-state index in [0.717, 1.165) is 11.1 Å². The highest BCUT2D eigenvalue weighted by Crippen LogP contribution is 2.22. The fraction of sp³-hybridized carbons (Fsp3) is 0.0667. The first-order chi connectivity index (χ1) is 10.2. The monoisotopic (exact) mass is 287 g/mol. The summed E-state index contributed by atoms with van der Waals surface area (Å²) >= 11 is 0. The molecule has 106 valence electrons. The number of hydrogen-bond donors (Lipinski definition) is 1. The van der Waals surface area contributed by atoms with Crippen molar-refractivity contribution in [1.29, 1.82) is 0 Å². The molecule has 0 aliphatic rings. The fourth-order valence-corrected chi connectivity index (χ4v) is 1.90. The zero-order valence-electron chi connectivity index (χ0n) is 10.8. The molecule has 0 amide bonds. The molecule has 0 bridgehead atoms. The third-order valence-electron chi connectivity index (χ3n) is 2.87. The molecule has 6 heteroatoms. The first-order valence-corrected chi connectivity index (χ1v) is 6.25. The summed E-state index contributed by atoms with van der Waals surface area (Å²) in [6.07, 6.45) is 0. The van der Waals surface area contributed by atoms with Gasteiger partial charge in [-0.25, -0.2) is 4.98 Å². The Bertz CT molecular complexity index is 711. The molecular formula is C15H11F2N3O. The quantitative estimate of drug-likeness (QED) is 0.795. The third-order valence-corrected chi connectivity index (χ3v) is 2.87. The molecule has 0 aliphatic heterocycles. The Morgan fingerprint density at radius 2 is 1.62 bits per heavy atom. The van der Waals surface area contributed by atoms with Gasteiger partial charge in [0.25, 0.3) is 0 Å². The van der Waals surface area contributed by atoms with Gasteiger partial charge < -0.3 is 4.74 Å². The molecule has 3 aromatic rings. The molecule has 0 spiro atoms.